The number of hydrogen-bond donors (Lipinski definition) is 1. The molecule has 17 heavy (non-hydrogen) atoms. The van der Waals surface area contributed by atoms with Gasteiger partial charge >= 0.3 is 5.97 Å². The number of methoxy groups -OCH3 is 1. The van der Waals surface area contributed by atoms with E-state index < -0.39 is 0 Å². The van der Waals surface area contributed by atoms with Crippen LogP contribution in [-0.2, 0) is 9.53 Å². The van der Waals surface area contributed by atoms with Crippen LogP contribution in [0.15, 0.2) is 24.3 Å². The van der Waals surface area contributed by atoms with Crippen molar-refractivity contribution in [2.24, 2.45) is 5.73 Å². The highest BCUT2D eigenvalue weighted by Crippen LogP contribution is 2.16. The van der Waals surface area contributed by atoms with Crippen LogP contribution in [0, 0.1) is 0 Å². The number of esters is 1. The van der Waals surface area contributed by atoms with Crippen molar-refractivity contribution in [2.45, 2.75) is 13.0 Å². The van der Waals surface area contributed by atoms with Crippen LogP contribution in [-0.4, -0.2) is 31.2 Å². The van der Waals surface area contributed by atoms with Crippen LogP contribution >= 0.6 is 12.2 Å². The summed E-state index contributed by atoms with van der Waals surface area (Å²) in [7, 11) is 3.21. The van der Waals surface area contributed by atoms with Gasteiger partial charge in [-0.05, 0) is 31.2 Å². The first kappa shape index (κ1) is 13.4. The molecule has 2 N–H and O–H groups in total. The minimum Gasteiger partial charge on any atom is -0.467 e. The number of likely N-dealkylation sites (N-methyl/N-ethyl adjacent to an activating group) is 1. The molecule has 1 rings (SSSR count). The summed E-state index contributed by atoms with van der Waals surface area (Å²) in [4.78, 5) is 13.6. The second-order valence-electron chi connectivity index (χ2n) is 3.72. The van der Waals surface area contributed by atoms with E-state index in [4.69, 9.17) is 22.7 Å². The molecule has 0 aliphatic rings. The number of nitrogens with zero attached hydrogens (tertiary/aromatic N) is 1. The summed E-state index contributed by atoms with van der Waals surface area (Å²) in [5.74, 6) is -0.272. The number of rotatable bonds is 4. The first-order chi connectivity index (χ1) is 7.97. The first-order valence-electron chi connectivity index (χ1n) is 5.18. The zero-order valence-electron chi connectivity index (χ0n) is 10.1. The van der Waals surface area contributed by atoms with E-state index in [9.17, 15) is 4.79 Å². The van der Waals surface area contributed by atoms with Crippen molar-refractivity contribution in [3.05, 3.63) is 29.8 Å². The monoisotopic (exact) mass is 252 g/mol. The van der Waals surface area contributed by atoms with Gasteiger partial charge in [0.25, 0.3) is 0 Å². The van der Waals surface area contributed by atoms with Gasteiger partial charge in [0.2, 0.25) is 0 Å². The first-order valence-corrected chi connectivity index (χ1v) is 5.58. The van der Waals surface area contributed by atoms with Crippen LogP contribution in [0.2, 0.25) is 0 Å². The molecule has 0 aromatic heterocycles. The summed E-state index contributed by atoms with van der Waals surface area (Å²) < 4.78 is 4.70. The molecule has 1 unspecified atom stereocenters. The molecule has 0 bridgehead atoms. The number of nitrogens with two attached hydrogens (primary N) is 1. The van der Waals surface area contributed by atoms with Crippen molar-refractivity contribution in [2.75, 3.05) is 19.1 Å². The number of anilines is 1. The van der Waals surface area contributed by atoms with E-state index in [2.05, 4.69) is 0 Å². The standard InChI is InChI=1S/C12H16N2O2S/c1-8(12(15)16-3)14(2)10-6-4-9(5-7-10)11(13)17/h4-8H,1-3H3,(H2,13,17). The molecule has 4 nitrogen and oxygen atoms in total. The Morgan fingerprint density at radius 2 is 1.94 bits per heavy atom. The molecule has 92 valence electrons. The van der Waals surface area contributed by atoms with E-state index >= 15 is 0 Å². The van der Waals surface area contributed by atoms with Gasteiger partial charge in [0.15, 0.2) is 0 Å². The van der Waals surface area contributed by atoms with Crippen molar-refractivity contribution in [3.63, 3.8) is 0 Å². The molecule has 0 fully saturated rings. The number of benzene rings is 1. The van der Waals surface area contributed by atoms with Crippen LogP contribution in [0.3, 0.4) is 0 Å². The summed E-state index contributed by atoms with van der Waals surface area (Å²) >= 11 is 4.87. The predicted octanol–water partition coefficient (Wildman–Crippen LogP) is 1.32. The Hall–Kier alpha value is -1.62. The van der Waals surface area contributed by atoms with Crippen LogP contribution in [0.25, 0.3) is 0 Å². The maximum atomic E-state index is 11.4. The average Bonchev–Trinajstić information content (AvgIpc) is 2.36. The fourth-order valence-corrected chi connectivity index (χ4v) is 1.55. The third-order valence-electron chi connectivity index (χ3n) is 2.68. The molecule has 1 atom stereocenters. The van der Waals surface area contributed by atoms with E-state index in [1.54, 1.807) is 6.92 Å². The highest BCUT2D eigenvalue weighted by molar-refractivity contribution is 7.80. The Morgan fingerprint density at radius 1 is 1.41 bits per heavy atom. The Morgan fingerprint density at radius 3 is 2.35 bits per heavy atom. The molecule has 0 amide bonds. The van der Waals surface area contributed by atoms with Gasteiger partial charge in [0.1, 0.15) is 11.0 Å². The Bertz CT molecular complexity index is 417. The number of hydrogen-bond acceptors (Lipinski definition) is 4. The Balaban J connectivity index is 2.86. The van der Waals surface area contributed by atoms with Crippen molar-refractivity contribution >= 4 is 28.9 Å². The lowest BCUT2D eigenvalue weighted by atomic mass is 10.2. The number of thiocarbonyl (C=S) groups is 1. The minimum absolute atomic E-state index is 0.272. The summed E-state index contributed by atoms with van der Waals surface area (Å²) in [6.45, 7) is 1.79. The fourth-order valence-electron chi connectivity index (χ4n) is 1.41. The molecule has 1 aromatic rings. The highest BCUT2D eigenvalue weighted by Gasteiger charge is 2.18. The van der Waals surface area contributed by atoms with Gasteiger partial charge in [-0.15, -0.1) is 0 Å². The van der Waals surface area contributed by atoms with Gasteiger partial charge in [-0.3, -0.25) is 0 Å². The van der Waals surface area contributed by atoms with Crippen LogP contribution < -0.4 is 10.6 Å². The Kier molecular flexibility index (Phi) is 4.45. The molecule has 0 saturated carbocycles. The maximum Gasteiger partial charge on any atom is 0.328 e. The van der Waals surface area contributed by atoms with E-state index in [0.29, 0.717) is 4.99 Å². The van der Waals surface area contributed by atoms with E-state index in [1.807, 2.05) is 36.2 Å². The van der Waals surface area contributed by atoms with Gasteiger partial charge in [-0.1, -0.05) is 12.2 Å². The second-order valence-corrected chi connectivity index (χ2v) is 4.16. The van der Waals surface area contributed by atoms with Gasteiger partial charge in [0.05, 0.1) is 7.11 Å². The van der Waals surface area contributed by atoms with Gasteiger partial charge in [-0.25, -0.2) is 4.79 Å². The second kappa shape index (κ2) is 5.63. The third-order valence-corrected chi connectivity index (χ3v) is 2.92. The molecule has 0 aliphatic carbocycles. The van der Waals surface area contributed by atoms with E-state index in [0.717, 1.165) is 11.3 Å². The summed E-state index contributed by atoms with van der Waals surface area (Å²) in [5, 5.41) is 0. The minimum atomic E-state index is -0.337. The molecule has 0 spiro atoms. The largest absolute Gasteiger partial charge is 0.467 e. The van der Waals surface area contributed by atoms with Crippen LogP contribution in [0.4, 0.5) is 5.69 Å². The van der Waals surface area contributed by atoms with E-state index in [1.165, 1.54) is 7.11 Å². The lowest BCUT2D eigenvalue weighted by Gasteiger charge is -2.24. The molecule has 0 aliphatic heterocycles. The Labute approximate surface area is 106 Å². The van der Waals surface area contributed by atoms with Crippen molar-refractivity contribution in [3.8, 4) is 0 Å². The quantitative estimate of drug-likeness (QED) is 0.647. The van der Waals surface area contributed by atoms with Crippen molar-refractivity contribution < 1.29 is 9.53 Å². The molecule has 0 radical (unpaired) electrons. The highest BCUT2D eigenvalue weighted by atomic mass is 32.1. The molecular weight excluding hydrogens is 236 g/mol. The molecule has 1 aromatic carbocycles. The summed E-state index contributed by atoms with van der Waals surface area (Å²) in [6.07, 6.45) is 0. The zero-order valence-corrected chi connectivity index (χ0v) is 11.0. The zero-order chi connectivity index (χ0) is 13.0. The lowest BCUT2D eigenvalue weighted by Crippen LogP contribution is -2.36. The summed E-state index contributed by atoms with van der Waals surface area (Å²) in [6, 6.07) is 7.06. The van der Waals surface area contributed by atoms with Crippen molar-refractivity contribution in [1.82, 2.24) is 0 Å². The molecule has 5 heteroatoms. The predicted molar refractivity (Wildman–Crippen MR) is 72.2 cm³/mol. The topological polar surface area (TPSA) is 55.6 Å². The number of carbonyl (C=O) groups is 1. The SMILES string of the molecule is COC(=O)C(C)N(C)c1ccc(C(N)=S)cc1. The third kappa shape index (κ3) is 3.17. The van der Waals surface area contributed by atoms with Gasteiger partial charge < -0.3 is 15.4 Å². The lowest BCUT2D eigenvalue weighted by molar-refractivity contribution is -0.141. The maximum absolute atomic E-state index is 11.4. The van der Waals surface area contributed by atoms with Crippen LogP contribution in [0.1, 0.15) is 12.5 Å². The van der Waals surface area contributed by atoms with Crippen LogP contribution in [0.5, 0.6) is 0 Å². The van der Waals surface area contributed by atoms with Gasteiger partial charge in [-0.2, -0.15) is 0 Å². The molecule has 0 heterocycles. The number of ether oxygens (including phenoxy) is 1. The normalized spacial score (nSPS) is 11.7. The van der Waals surface area contributed by atoms with Gasteiger partial charge in [0, 0.05) is 18.3 Å². The summed E-state index contributed by atoms with van der Waals surface area (Å²) in [5.41, 5.74) is 7.23. The van der Waals surface area contributed by atoms with Crippen molar-refractivity contribution in [1.29, 1.82) is 0 Å². The van der Waals surface area contributed by atoms with E-state index in [-0.39, 0.29) is 12.0 Å². The fraction of sp³-hybridized carbons (Fsp3) is 0.333. The molecule has 0 saturated heterocycles. The number of carbonyl (C=O) groups excluding carboxylic acids is 1. The average molecular weight is 252 g/mol. The smallest absolute Gasteiger partial charge is 0.328 e. The molecular formula is C12H16N2O2S.